The van der Waals surface area contributed by atoms with Crippen LogP contribution in [0.2, 0.25) is 0 Å². The van der Waals surface area contributed by atoms with Gasteiger partial charge in [-0.15, -0.1) is 5.10 Å². The van der Waals surface area contributed by atoms with Crippen LogP contribution in [0.5, 0.6) is 5.75 Å². The molecule has 0 atom stereocenters. The number of benzene rings is 2. The van der Waals surface area contributed by atoms with Crippen LogP contribution < -0.4 is 4.74 Å². The van der Waals surface area contributed by atoms with E-state index in [0.717, 1.165) is 23.5 Å². The molecule has 4 aromatic rings. The number of ether oxygens (including phenoxy) is 1. The average molecular weight is 399 g/mol. The number of nitrogens with zero attached hydrogens (tertiary/aromatic N) is 5. The molecule has 2 aromatic heterocycles. The van der Waals surface area contributed by atoms with Crippen LogP contribution in [0.4, 0.5) is 13.2 Å². The van der Waals surface area contributed by atoms with Gasteiger partial charge in [0.2, 0.25) is 0 Å². The van der Waals surface area contributed by atoms with Crippen LogP contribution in [0.25, 0.3) is 22.8 Å². The lowest BCUT2D eigenvalue weighted by Gasteiger charge is -2.10. The predicted molar refractivity (Wildman–Crippen MR) is 100 cm³/mol. The molecule has 6 nitrogen and oxygen atoms in total. The van der Waals surface area contributed by atoms with Gasteiger partial charge in [0.05, 0.1) is 36.1 Å². The van der Waals surface area contributed by atoms with Crippen LogP contribution in [0.1, 0.15) is 11.3 Å². The van der Waals surface area contributed by atoms with E-state index in [1.165, 1.54) is 17.1 Å². The van der Waals surface area contributed by atoms with Crippen molar-refractivity contribution >= 4 is 0 Å². The number of aryl methyl sites for hydroxylation is 1. The summed E-state index contributed by atoms with van der Waals surface area (Å²) in [6, 6.07) is 10.4. The van der Waals surface area contributed by atoms with Crippen molar-refractivity contribution in [3.05, 3.63) is 72.6 Å². The maximum absolute atomic E-state index is 13.0. The van der Waals surface area contributed by atoms with Gasteiger partial charge in [0.1, 0.15) is 12.1 Å². The van der Waals surface area contributed by atoms with Gasteiger partial charge in [-0.2, -0.15) is 13.2 Å². The summed E-state index contributed by atoms with van der Waals surface area (Å²) in [6.07, 6.45) is 0.518. The first-order valence-electron chi connectivity index (χ1n) is 8.64. The number of aromatic nitrogens is 5. The third-order valence-corrected chi connectivity index (χ3v) is 4.36. The van der Waals surface area contributed by atoms with Gasteiger partial charge in [-0.05, 0) is 43.3 Å². The first-order chi connectivity index (χ1) is 13.8. The highest BCUT2D eigenvalue weighted by Gasteiger charge is 2.30. The molecule has 0 aliphatic rings. The van der Waals surface area contributed by atoms with Gasteiger partial charge in [0, 0.05) is 11.8 Å². The van der Waals surface area contributed by atoms with Crippen LogP contribution in [-0.4, -0.2) is 31.4 Å². The topological polar surface area (TPSA) is 57.8 Å². The first-order valence-corrected chi connectivity index (χ1v) is 8.64. The molecule has 0 bridgehead atoms. The number of methoxy groups -OCH3 is 1. The molecule has 0 amide bonds. The molecule has 9 heteroatoms. The minimum atomic E-state index is -4.42. The normalized spacial score (nSPS) is 11.6. The summed E-state index contributed by atoms with van der Waals surface area (Å²) in [5.74, 6) is 0.962. The molecule has 0 fully saturated rings. The Kier molecular flexibility index (Phi) is 4.57. The van der Waals surface area contributed by atoms with Crippen molar-refractivity contribution in [2.75, 3.05) is 7.11 Å². The van der Waals surface area contributed by atoms with Crippen LogP contribution >= 0.6 is 0 Å². The Bertz CT molecular complexity index is 1160. The van der Waals surface area contributed by atoms with Gasteiger partial charge < -0.3 is 9.30 Å². The molecule has 29 heavy (non-hydrogen) atoms. The largest absolute Gasteiger partial charge is 0.495 e. The number of hydrogen-bond acceptors (Lipinski definition) is 4. The SMILES string of the molecule is COc1cc(-c2ncn(-c3cccc(C(F)(F)F)c3)n2)ccc1-n1cnc(C)c1. The zero-order valence-electron chi connectivity index (χ0n) is 15.6. The van der Waals surface area contributed by atoms with E-state index in [-0.39, 0.29) is 5.69 Å². The first kappa shape index (κ1) is 18.7. The van der Waals surface area contributed by atoms with Gasteiger partial charge in [-0.25, -0.2) is 14.6 Å². The second-order valence-electron chi connectivity index (χ2n) is 6.37. The van der Waals surface area contributed by atoms with Crippen LogP contribution in [-0.2, 0) is 6.18 Å². The minimum Gasteiger partial charge on any atom is -0.495 e. The molecular weight excluding hydrogens is 383 g/mol. The second kappa shape index (κ2) is 7.08. The van der Waals surface area contributed by atoms with Gasteiger partial charge in [-0.1, -0.05) is 6.07 Å². The molecule has 4 rings (SSSR count). The summed E-state index contributed by atoms with van der Waals surface area (Å²) in [4.78, 5) is 8.44. The monoisotopic (exact) mass is 399 g/mol. The third-order valence-electron chi connectivity index (χ3n) is 4.36. The maximum atomic E-state index is 13.0. The number of imidazole rings is 1. The van der Waals surface area contributed by atoms with Crippen molar-refractivity contribution in [2.24, 2.45) is 0 Å². The fourth-order valence-electron chi connectivity index (χ4n) is 2.93. The fourth-order valence-corrected chi connectivity index (χ4v) is 2.93. The molecule has 0 N–H and O–H groups in total. The Morgan fingerprint density at radius 1 is 1.00 bits per heavy atom. The van der Waals surface area contributed by atoms with Crippen molar-refractivity contribution in [3.63, 3.8) is 0 Å². The summed E-state index contributed by atoms with van der Waals surface area (Å²) >= 11 is 0. The van der Waals surface area contributed by atoms with Crippen molar-refractivity contribution in [2.45, 2.75) is 13.1 Å². The Hall–Kier alpha value is -3.62. The number of halogens is 3. The second-order valence-corrected chi connectivity index (χ2v) is 6.37. The van der Waals surface area contributed by atoms with E-state index in [0.29, 0.717) is 17.1 Å². The zero-order valence-corrected chi connectivity index (χ0v) is 15.6. The van der Waals surface area contributed by atoms with Crippen LogP contribution in [0.3, 0.4) is 0 Å². The van der Waals surface area contributed by atoms with Gasteiger partial charge in [0.15, 0.2) is 5.82 Å². The standard InChI is InChI=1S/C20H16F3N5O/c1-13-10-27(11-24-13)17-7-6-14(8-18(17)29-2)19-25-12-28(26-19)16-5-3-4-15(9-16)20(21,22)23/h3-12H,1-2H3. The van der Waals surface area contributed by atoms with Gasteiger partial charge in [0.25, 0.3) is 0 Å². The van der Waals surface area contributed by atoms with Crippen molar-refractivity contribution in [1.82, 2.24) is 24.3 Å². The van der Waals surface area contributed by atoms with Crippen molar-refractivity contribution < 1.29 is 17.9 Å². The lowest BCUT2D eigenvalue weighted by Crippen LogP contribution is -2.06. The molecule has 0 aliphatic carbocycles. The smallest absolute Gasteiger partial charge is 0.416 e. The minimum absolute atomic E-state index is 0.274. The zero-order chi connectivity index (χ0) is 20.6. The summed E-state index contributed by atoms with van der Waals surface area (Å²) in [6.45, 7) is 1.89. The van der Waals surface area contributed by atoms with Crippen LogP contribution in [0, 0.1) is 6.92 Å². The lowest BCUT2D eigenvalue weighted by atomic mass is 10.1. The molecule has 0 radical (unpaired) electrons. The van der Waals surface area contributed by atoms with Gasteiger partial charge >= 0.3 is 6.18 Å². The Labute approximate surface area is 164 Å². The average Bonchev–Trinajstić information content (AvgIpc) is 3.36. The molecule has 0 aliphatic heterocycles. The van der Waals surface area contributed by atoms with E-state index in [1.807, 2.05) is 29.8 Å². The molecule has 2 heterocycles. The van der Waals surface area contributed by atoms with Crippen molar-refractivity contribution in [3.8, 4) is 28.5 Å². The van der Waals surface area contributed by atoms with E-state index in [2.05, 4.69) is 15.1 Å². The molecular formula is C20H16F3N5O. The highest BCUT2D eigenvalue weighted by molar-refractivity contribution is 5.63. The Morgan fingerprint density at radius 3 is 2.52 bits per heavy atom. The van der Waals surface area contributed by atoms with Crippen molar-refractivity contribution in [1.29, 1.82) is 0 Å². The molecule has 2 aromatic carbocycles. The highest BCUT2D eigenvalue weighted by atomic mass is 19.4. The number of hydrogen-bond donors (Lipinski definition) is 0. The molecule has 0 saturated heterocycles. The molecule has 0 saturated carbocycles. The van der Waals surface area contributed by atoms with Crippen LogP contribution in [0.15, 0.2) is 61.3 Å². The fraction of sp³-hybridized carbons (Fsp3) is 0.150. The number of rotatable bonds is 4. The Morgan fingerprint density at radius 2 is 1.83 bits per heavy atom. The summed E-state index contributed by atoms with van der Waals surface area (Å²) < 4.78 is 47.5. The van der Waals surface area contributed by atoms with E-state index in [1.54, 1.807) is 25.6 Å². The predicted octanol–water partition coefficient (Wildman–Crippen LogP) is 4.46. The van der Waals surface area contributed by atoms with E-state index >= 15 is 0 Å². The van der Waals surface area contributed by atoms with E-state index in [4.69, 9.17) is 4.74 Å². The number of alkyl halides is 3. The quantitative estimate of drug-likeness (QED) is 0.509. The maximum Gasteiger partial charge on any atom is 0.416 e. The molecule has 0 spiro atoms. The molecule has 148 valence electrons. The summed E-state index contributed by atoms with van der Waals surface area (Å²) in [7, 11) is 1.56. The van der Waals surface area contributed by atoms with Gasteiger partial charge in [-0.3, -0.25) is 0 Å². The summed E-state index contributed by atoms with van der Waals surface area (Å²) in [5.41, 5.74) is 1.88. The third kappa shape index (κ3) is 3.71. The van der Waals surface area contributed by atoms with E-state index in [9.17, 15) is 13.2 Å². The highest BCUT2D eigenvalue weighted by Crippen LogP contribution is 2.31. The van der Waals surface area contributed by atoms with E-state index < -0.39 is 11.7 Å². The molecule has 0 unspecified atom stereocenters. The lowest BCUT2D eigenvalue weighted by molar-refractivity contribution is -0.137. The summed E-state index contributed by atoms with van der Waals surface area (Å²) in [5, 5.41) is 4.32. The Balaban J connectivity index is 1.68.